The summed E-state index contributed by atoms with van der Waals surface area (Å²) in [5.41, 5.74) is -0.382. The van der Waals surface area contributed by atoms with E-state index in [4.69, 9.17) is 14.8 Å². The number of hydrogen-bond acceptors (Lipinski definition) is 6. The lowest BCUT2D eigenvalue weighted by molar-refractivity contribution is -0.384. The molecule has 0 aliphatic carbocycles. The van der Waals surface area contributed by atoms with E-state index in [0.717, 1.165) is 12.1 Å². The second kappa shape index (κ2) is 5.99. The Labute approximate surface area is 114 Å². The van der Waals surface area contributed by atoms with Crippen LogP contribution in [0.3, 0.4) is 0 Å². The third-order valence-corrected chi connectivity index (χ3v) is 2.99. The number of hydrogen-bond donors (Lipinski definition) is 2. The lowest BCUT2D eigenvalue weighted by Gasteiger charge is -2.26. The zero-order chi connectivity index (χ0) is 14.7. The first kappa shape index (κ1) is 14.4. The average Bonchev–Trinajstić information content (AvgIpc) is 2.46. The van der Waals surface area contributed by atoms with Gasteiger partial charge in [0.1, 0.15) is 0 Å². The van der Waals surface area contributed by atoms with Gasteiger partial charge in [-0.25, -0.2) is 0 Å². The van der Waals surface area contributed by atoms with Crippen molar-refractivity contribution in [2.75, 3.05) is 26.3 Å². The first-order valence-corrected chi connectivity index (χ1v) is 6.01. The number of nitro groups is 1. The summed E-state index contributed by atoms with van der Waals surface area (Å²) in [6.45, 7) is 1.63. The van der Waals surface area contributed by atoms with Crippen LogP contribution in [0.4, 0.5) is 5.69 Å². The molecule has 1 saturated heterocycles. The van der Waals surface area contributed by atoms with Gasteiger partial charge in [-0.05, 0) is 11.5 Å². The van der Waals surface area contributed by atoms with Crippen LogP contribution in [0, 0.1) is 10.1 Å². The molecule has 1 amide bonds. The first-order chi connectivity index (χ1) is 9.49. The smallest absolute Gasteiger partial charge is 0.423 e. The molecule has 106 valence electrons. The highest BCUT2D eigenvalue weighted by atomic mass is 16.6. The molecular formula is C11H13BN2O6. The van der Waals surface area contributed by atoms with Gasteiger partial charge in [0.05, 0.1) is 18.1 Å². The highest BCUT2D eigenvalue weighted by molar-refractivity contribution is 6.58. The van der Waals surface area contributed by atoms with Crippen molar-refractivity contribution in [2.45, 2.75) is 0 Å². The number of rotatable bonds is 3. The Morgan fingerprint density at radius 1 is 1.30 bits per heavy atom. The molecule has 0 atom stereocenters. The van der Waals surface area contributed by atoms with Gasteiger partial charge in [0.25, 0.3) is 11.6 Å². The van der Waals surface area contributed by atoms with E-state index in [1.807, 2.05) is 0 Å². The lowest BCUT2D eigenvalue weighted by Crippen LogP contribution is -2.41. The molecule has 9 heteroatoms. The number of nitro benzene ring substituents is 1. The third-order valence-electron chi connectivity index (χ3n) is 2.99. The van der Waals surface area contributed by atoms with Crippen molar-refractivity contribution < 1.29 is 24.5 Å². The molecule has 20 heavy (non-hydrogen) atoms. The van der Waals surface area contributed by atoms with Gasteiger partial charge in [-0.1, -0.05) is 0 Å². The van der Waals surface area contributed by atoms with Crippen LogP contribution >= 0.6 is 0 Å². The maximum Gasteiger partial charge on any atom is 0.488 e. The molecule has 0 spiro atoms. The summed E-state index contributed by atoms with van der Waals surface area (Å²) in [5, 5.41) is 29.1. The van der Waals surface area contributed by atoms with Crippen LogP contribution in [-0.2, 0) is 4.74 Å². The molecule has 0 aromatic heterocycles. The standard InChI is InChI=1S/C11H13BN2O6/c15-11(13-1-3-20-4-2-13)8-5-9(12(16)17)7-10(6-8)14(18)19/h5-7,16-17H,1-4H2. The number of benzene rings is 1. The third kappa shape index (κ3) is 3.13. The number of carbonyl (C=O) groups excluding carboxylic acids is 1. The quantitative estimate of drug-likeness (QED) is 0.406. The van der Waals surface area contributed by atoms with Gasteiger partial charge < -0.3 is 19.7 Å². The number of carbonyl (C=O) groups is 1. The zero-order valence-corrected chi connectivity index (χ0v) is 10.6. The summed E-state index contributed by atoms with van der Waals surface area (Å²) in [7, 11) is -1.87. The van der Waals surface area contributed by atoms with Gasteiger partial charge >= 0.3 is 7.12 Å². The second-order valence-corrected chi connectivity index (χ2v) is 4.35. The van der Waals surface area contributed by atoms with Gasteiger partial charge in [-0.3, -0.25) is 14.9 Å². The van der Waals surface area contributed by atoms with E-state index in [1.165, 1.54) is 11.0 Å². The fraction of sp³-hybridized carbons (Fsp3) is 0.364. The van der Waals surface area contributed by atoms with E-state index in [-0.39, 0.29) is 22.6 Å². The molecule has 1 aromatic carbocycles. The normalized spacial score (nSPS) is 15.0. The number of amides is 1. The fourth-order valence-electron chi connectivity index (χ4n) is 1.96. The maximum atomic E-state index is 12.2. The summed E-state index contributed by atoms with van der Waals surface area (Å²) >= 11 is 0. The minimum absolute atomic E-state index is 0.0594. The van der Waals surface area contributed by atoms with E-state index in [1.54, 1.807) is 0 Å². The van der Waals surface area contributed by atoms with Crippen molar-refractivity contribution in [2.24, 2.45) is 0 Å². The molecule has 1 aliphatic heterocycles. The molecule has 0 saturated carbocycles. The molecule has 0 bridgehead atoms. The zero-order valence-electron chi connectivity index (χ0n) is 10.6. The summed E-state index contributed by atoms with van der Waals surface area (Å²) in [5.74, 6) is -0.390. The van der Waals surface area contributed by atoms with Gasteiger partial charge in [0.15, 0.2) is 0 Å². The molecule has 1 aliphatic rings. The monoisotopic (exact) mass is 280 g/mol. The Bertz CT molecular complexity index is 530. The van der Waals surface area contributed by atoms with Crippen LogP contribution in [0.5, 0.6) is 0 Å². The molecule has 0 radical (unpaired) electrons. The predicted molar refractivity (Wildman–Crippen MR) is 69.6 cm³/mol. The van der Waals surface area contributed by atoms with Crippen LogP contribution in [-0.4, -0.2) is 59.2 Å². The molecule has 8 nitrogen and oxygen atoms in total. The Kier molecular flexibility index (Phi) is 4.33. The molecule has 0 unspecified atom stereocenters. The maximum absolute atomic E-state index is 12.2. The van der Waals surface area contributed by atoms with Gasteiger partial charge in [0.2, 0.25) is 0 Å². The Morgan fingerprint density at radius 2 is 1.95 bits per heavy atom. The summed E-state index contributed by atoms with van der Waals surface area (Å²) in [4.78, 5) is 23.9. The lowest BCUT2D eigenvalue weighted by atomic mass is 9.79. The van der Waals surface area contributed by atoms with Gasteiger partial charge in [-0.2, -0.15) is 0 Å². The van der Waals surface area contributed by atoms with Crippen molar-refractivity contribution in [1.82, 2.24) is 4.90 Å². The first-order valence-electron chi connectivity index (χ1n) is 6.01. The molecule has 1 heterocycles. The second-order valence-electron chi connectivity index (χ2n) is 4.35. The Hall–Kier alpha value is -1.97. The predicted octanol–water partition coefficient (Wildman–Crippen LogP) is -1.25. The van der Waals surface area contributed by atoms with Crippen molar-refractivity contribution in [3.63, 3.8) is 0 Å². The highest BCUT2D eigenvalue weighted by Crippen LogP contribution is 2.15. The molecule has 1 fully saturated rings. The molecule has 1 aromatic rings. The van der Waals surface area contributed by atoms with Crippen LogP contribution in [0.2, 0.25) is 0 Å². The number of morpholine rings is 1. The highest BCUT2D eigenvalue weighted by Gasteiger charge is 2.24. The Morgan fingerprint density at radius 3 is 2.50 bits per heavy atom. The number of nitrogens with zero attached hydrogens (tertiary/aromatic N) is 2. The molecule has 2 rings (SSSR count). The van der Waals surface area contributed by atoms with Crippen LogP contribution in [0.25, 0.3) is 0 Å². The van der Waals surface area contributed by atoms with Crippen molar-refractivity contribution >= 4 is 24.2 Å². The summed E-state index contributed by atoms with van der Waals surface area (Å²) < 4.78 is 5.13. The van der Waals surface area contributed by atoms with E-state index in [9.17, 15) is 14.9 Å². The van der Waals surface area contributed by atoms with E-state index < -0.39 is 12.0 Å². The van der Waals surface area contributed by atoms with Crippen LogP contribution < -0.4 is 5.46 Å². The van der Waals surface area contributed by atoms with Crippen molar-refractivity contribution in [1.29, 1.82) is 0 Å². The molecule has 2 N–H and O–H groups in total. The summed E-state index contributed by atoms with van der Waals surface area (Å²) in [6.07, 6.45) is 0. The van der Waals surface area contributed by atoms with E-state index >= 15 is 0 Å². The minimum atomic E-state index is -1.87. The number of non-ortho nitro benzene ring substituents is 1. The van der Waals surface area contributed by atoms with Gasteiger partial charge in [0, 0.05) is 30.8 Å². The Balaban J connectivity index is 2.34. The topological polar surface area (TPSA) is 113 Å². The van der Waals surface area contributed by atoms with E-state index in [2.05, 4.69) is 0 Å². The van der Waals surface area contributed by atoms with Crippen LogP contribution in [0.15, 0.2) is 18.2 Å². The largest absolute Gasteiger partial charge is 0.488 e. The molecular weight excluding hydrogens is 267 g/mol. The van der Waals surface area contributed by atoms with Crippen LogP contribution in [0.1, 0.15) is 10.4 Å². The fourth-order valence-corrected chi connectivity index (χ4v) is 1.96. The average molecular weight is 280 g/mol. The van der Waals surface area contributed by atoms with E-state index in [0.29, 0.717) is 26.3 Å². The minimum Gasteiger partial charge on any atom is -0.423 e. The van der Waals surface area contributed by atoms with Gasteiger partial charge in [-0.15, -0.1) is 0 Å². The van der Waals surface area contributed by atoms with Crippen molar-refractivity contribution in [3.05, 3.63) is 33.9 Å². The number of ether oxygens (including phenoxy) is 1. The summed E-state index contributed by atoms with van der Waals surface area (Å²) in [6, 6.07) is 3.40. The SMILES string of the molecule is O=C(c1cc(B(O)O)cc([N+](=O)[O-])c1)N1CCOCC1. The van der Waals surface area contributed by atoms with Crippen molar-refractivity contribution in [3.8, 4) is 0 Å².